The third kappa shape index (κ3) is 3.53. The predicted octanol–water partition coefficient (Wildman–Crippen LogP) is 2.61. The van der Waals surface area contributed by atoms with Crippen molar-refractivity contribution >= 4 is 33.6 Å². The number of carbonyl (C=O) groups excluding carboxylic acids is 2. The Morgan fingerprint density at radius 2 is 1.71 bits per heavy atom. The number of hydrogen-bond donors (Lipinski definition) is 2. The molecule has 0 unspecified atom stereocenters. The van der Waals surface area contributed by atoms with Crippen LogP contribution in [-0.4, -0.2) is 27.8 Å². The summed E-state index contributed by atoms with van der Waals surface area (Å²) in [6.45, 7) is 0. The Kier molecular flexibility index (Phi) is 4.68. The molecule has 1 atom stereocenters. The van der Waals surface area contributed by atoms with Gasteiger partial charge in [-0.25, -0.2) is 0 Å². The third-order valence-electron chi connectivity index (χ3n) is 4.60. The molecule has 6 nitrogen and oxygen atoms in total. The van der Waals surface area contributed by atoms with Gasteiger partial charge in [0.25, 0.3) is 5.91 Å². The largest absolute Gasteiger partial charge is 0.368 e. The summed E-state index contributed by atoms with van der Waals surface area (Å²) in [4.78, 5) is 33.6. The molecule has 2 heterocycles. The molecular formula is C22H18N4O2. The lowest BCUT2D eigenvalue weighted by Gasteiger charge is -2.16. The van der Waals surface area contributed by atoms with Gasteiger partial charge in [0.05, 0.1) is 16.6 Å². The van der Waals surface area contributed by atoms with Gasteiger partial charge in [0, 0.05) is 29.1 Å². The molecule has 0 spiro atoms. The first-order chi connectivity index (χ1) is 13.6. The van der Waals surface area contributed by atoms with Crippen LogP contribution in [0.3, 0.4) is 0 Å². The van der Waals surface area contributed by atoms with Crippen molar-refractivity contribution < 1.29 is 9.59 Å². The van der Waals surface area contributed by atoms with E-state index < -0.39 is 17.9 Å². The van der Waals surface area contributed by atoms with E-state index in [1.54, 1.807) is 18.3 Å². The number of fused-ring (bicyclic) bond motifs is 2. The normalized spacial score (nSPS) is 12.0. The number of nitrogens with one attached hydrogen (secondary N) is 1. The number of amides is 2. The molecule has 0 bridgehead atoms. The number of hydrogen-bond acceptors (Lipinski definition) is 4. The Morgan fingerprint density at radius 1 is 0.929 bits per heavy atom. The van der Waals surface area contributed by atoms with Gasteiger partial charge in [-0.05, 0) is 24.3 Å². The van der Waals surface area contributed by atoms with Gasteiger partial charge in [0.1, 0.15) is 6.04 Å². The average Bonchev–Trinajstić information content (AvgIpc) is 2.72. The number of nitrogens with zero attached hydrogens (tertiary/aromatic N) is 2. The standard InChI is InChI=1S/C22H18N4O2/c23-21(27)19(13-16-11-10-14-5-1-2-9-18(14)25-16)26-22(28)17-8-3-6-15-7-4-12-24-20(15)17/h1-12,19H,13H2,(H2,23,27)(H,26,28)/t19-/m0/s1. The predicted molar refractivity (Wildman–Crippen MR) is 108 cm³/mol. The van der Waals surface area contributed by atoms with Crippen molar-refractivity contribution in [1.82, 2.24) is 15.3 Å². The van der Waals surface area contributed by atoms with Gasteiger partial charge < -0.3 is 11.1 Å². The summed E-state index contributed by atoms with van der Waals surface area (Å²) in [5.74, 6) is -1.01. The minimum Gasteiger partial charge on any atom is -0.368 e. The second kappa shape index (κ2) is 7.44. The smallest absolute Gasteiger partial charge is 0.254 e. The zero-order valence-corrected chi connectivity index (χ0v) is 15.0. The van der Waals surface area contributed by atoms with Crippen molar-refractivity contribution in [1.29, 1.82) is 0 Å². The number of benzene rings is 2. The highest BCUT2D eigenvalue weighted by atomic mass is 16.2. The Hall–Kier alpha value is -3.80. The van der Waals surface area contributed by atoms with Gasteiger partial charge in [-0.2, -0.15) is 0 Å². The molecule has 0 saturated heterocycles. The molecule has 4 aromatic rings. The Balaban J connectivity index is 1.59. The SMILES string of the molecule is NC(=O)[C@H](Cc1ccc2ccccc2n1)NC(=O)c1cccc2cccnc12. The molecule has 0 aliphatic heterocycles. The lowest BCUT2D eigenvalue weighted by Crippen LogP contribution is -2.46. The van der Waals surface area contributed by atoms with Crippen molar-refractivity contribution in [3.05, 3.63) is 84.2 Å². The molecule has 0 aliphatic carbocycles. The highest BCUT2D eigenvalue weighted by Crippen LogP contribution is 2.17. The Morgan fingerprint density at radius 3 is 2.57 bits per heavy atom. The van der Waals surface area contributed by atoms with Crippen LogP contribution in [0.5, 0.6) is 0 Å². The highest BCUT2D eigenvalue weighted by Gasteiger charge is 2.21. The quantitative estimate of drug-likeness (QED) is 0.564. The van der Waals surface area contributed by atoms with Crippen LogP contribution in [0, 0.1) is 0 Å². The summed E-state index contributed by atoms with van der Waals surface area (Å²) in [6, 6.07) is 19.6. The van der Waals surface area contributed by atoms with Gasteiger partial charge in [-0.3, -0.25) is 19.6 Å². The number of rotatable bonds is 5. The topological polar surface area (TPSA) is 98.0 Å². The number of primary amides is 1. The molecular weight excluding hydrogens is 352 g/mol. The summed E-state index contributed by atoms with van der Waals surface area (Å²) < 4.78 is 0. The molecule has 0 aliphatic rings. The van der Waals surface area contributed by atoms with E-state index in [1.165, 1.54) is 0 Å². The maximum Gasteiger partial charge on any atom is 0.254 e. The van der Waals surface area contributed by atoms with Crippen LogP contribution in [0.2, 0.25) is 0 Å². The fourth-order valence-corrected chi connectivity index (χ4v) is 3.18. The molecule has 0 fully saturated rings. The molecule has 3 N–H and O–H groups in total. The first-order valence-electron chi connectivity index (χ1n) is 8.90. The number of nitrogens with two attached hydrogens (primary N) is 1. The Bertz CT molecular complexity index is 1180. The summed E-state index contributed by atoms with van der Waals surface area (Å²) in [5.41, 5.74) is 8.02. The lowest BCUT2D eigenvalue weighted by atomic mass is 10.1. The van der Waals surface area contributed by atoms with Crippen molar-refractivity contribution in [2.75, 3.05) is 0 Å². The highest BCUT2D eigenvalue weighted by molar-refractivity contribution is 6.06. The molecule has 28 heavy (non-hydrogen) atoms. The summed E-state index contributed by atoms with van der Waals surface area (Å²) in [6.07, 6.45) is 1.84. The van der Waals surface area contributed by atoms with Crippen LogP contribution in [-0.2, 0) is 11.2 Å². The second-order valence-corrected chi connectivity index (χ2v) is 6.51. The lowest BCUT2D eigenvalue weighted by molar-refractivity contribution is -0.119. The number of para-hydroxylation sites is 2. The van der Waals surface area contributed by atoms with E-state index in [2.05, 4.69) is 15.3 Å². The zero-order chi connectivity index (χ0) is 19.5. The number of aromatic nitrogens is 2. The number of carbonyl (C=O) groups is 2. The zero-order valence-electron chi connectivity index (χ0n) is 15.0. The van der Waals surface area contributed by atoms with E-state index >= 15 is 0 Å². The Labute approximate surface area is 161 Å². The maximum absolute atomic E-state index is 12.8. The van der Waals surface area contributed by atoms with E-state index in [0.29, 0.717) is 16.8 Å². The number of pyridine rings is 2. The molecule has 2 aromatic heterocycles. The second-order valence-electron chi connectivity index (χ2n) is 6.51. The fourth-order valence-electron chi connectivity index (χ4n) is 3.18. The first-order valence-corrected chi connectivity index (χ1v) is 8.90. The van der Waals surface area contributed by atoms with Crippen molar-refractivity contribution in [2.24, 2.45) is 5.73 Å². The summed E-state index contributed by atoms with van der Waals surface area (Å²) in [7, 11) is 0. The minimum atomic E-state index is -0.875. The summed E-state index contributed by atoms with van der Waals surface area (Å²) >= 11 is 0. The fraction of sp³-hybridized carbons (Fsp3) is 0.0909. The van der Waals surface area contributed by atoms with Crippen LogP contribution in [0.15, 0.2) is 72.9 Å². The van der Waals surface area contributed by atoms with Crippen LogP contribution in [0.1, 0.15) is 16.1 Å². The van der Waals surface area contributed by atoms with E-state index in [9.17, 15) is 9.59 Å². The van der Waals surface area contributed by atoms with E-state index in [1.807, 2.05) is 54.6 Å². The van der Waals surface area contributed by atoms with E-state index in [0.717, 1.165) is 16.3 Å². The van der Waals surface area contributed by atoms with Gasteiger partial charge in [-0.15, -0.1) is 0 Å². The van der Waals surface area contributed by atoms with Crippen molar-refractivity contribution in [2.45, 2.75) is 12.5 Å². The molecule has 0 saturated carbocycles. The van der Waals surface area contributed by atoms with Crippen molar-refractivity contribution in [3.63, 3.8) is 0 Å². The third-order valence-corrected chi connectivity index (χ3v) is 4.60. The van der Waals surface area contributed by atoms with Crippen LogP contribution in [0.25, 0.3) is 21.8 Å². The molecule has 6 heteroatoms. The molecule has 138 valence electrons. The van der Waals surface area contributed by atoms with Crippen LogP contribution in [0.4, 0.5) is 0 Å². The van der Waals surface area contributed by atoms with Crippen LogP contribution < -0.4 is 11.1 Å². The maximum atomic E-state index is 12.8. The minimum absolute atomic E-state index is 0.212. The molecule has 0 radical (unpaired) electrons. The van der Waals surface area contributed by atoms with Gasteiger partial charge in [0.15, 0.2) is 0 Å². The molecule has 2 amide bonds. The van der Waals surface area contributed by atoms with Gasteiger partial charge >= 0.3 is 0 Å². The van der Waals surface area contributed by atoms with E-state index in [-0.39, 0.29) is 6.42 Å². The first kappa shape index (κ1) is 17.6. The summed E-state index contributed by atoms with van der Waals surface area (Å²) in [5, 5.41) is 4.58. The van der Waals surface area contributed by atoms with Gasteiger partial charge in [0.2, 0.25) is 5.91 Å². The molecule has 4 rings (SSSR count). The average molecular weight is 370 g/mol. The molecule has 2 aromatic carbocycles. The van der Waals surface area contributed by atoms with Crippen molar-refractivity contribution in [3.8, 4) is 0 Å². The van der Waals surface area contributed by atoms with E-state index in [4.69, 9.17) is 5.73 Å². The van der Waals surface area contributed by atoms with Gasteiger partial charge in [-0.1, -0.05) is 42.5 Å². The monoisotopic (exact) mass is 370 g/mol. The van der Waals surface area contributed by atoms with Crippen LogP contribution >= 0.6 is 0 Å².